The number of carbonyl (C=O) groups is 5. The quantitative estimate of drug-likeness (QED) is 0.237. The monoisotopic (exact) mass is 718 g/mol. The number of anilines is 1. The van der Waals surface area contributed by atoms with E-state index in [0.29, 0.717) is 36.1 Å². The molecule has 3 N–H and O–H groups in total. The van der Waals surface area contributed by atoms with Crippen LogP contribution in [0.3, 0.4) is 0 Å². The number of hydrogen-bond acceptors (Lipinski definition) is 9. The number of pyridine rings is 1. The van der Waals surface area contributed by atoms with Crippen molar-refractivity contribution < 1.29 is 42.3 Å². The molecule has 0 unspecified atom stereocenters. The van der Waals surface area contributed by atoms with Gasteiger partial charge < -0.3 is 10.4 Å². The van der Waals surface area contributed by atoms with Crippen LogP contribution in [0.25, 0.3) is 10.9 Å². The van der Waals surface area contributed by atoms with Gasteiger partial charge in [0, 0.05) is 48.9 Å². The van der Waals surface area contributed by atoms with Gasteiger partial charge in [0.05, 0.1) is 34.8 Å². The third-order valence-electron chi connectivity index (χ3n) is 9.38. The molecule has 14 nitrogen and oxygen atoms in total. The highest BCUT2D eigenvalue weighted by atomic mass is 19.4. The number of benzene rings is 2. The SMILES string of the molecule is CC(C)(O)c1cc2nn(C3CCN(Cc4ccc5c(c4)C(=O)N(N4CCC(=O)NC4=O)C5=O)CC3)cc2cc1NC(=O)c1cccc(C(F)(F)F)n1. The predicted octanol–water partition coefficient (Wildman–Crippen LogP) is 4.22. The van der Waals surface area contributed by atoms with Gasteiger partial charge in [-0.25, -0.2) is 14.8 Å². The highest BCUT2D eigenvalue weighted by molar-refractivity contribution is 6.22. The first-order valence-electron chi connectivity index (χ1n) is 16.5. The number of hydrogen-bond donors (Lipinski definition) is 3. The van der Waals surface area contributed by atoms with Crippen LogP contribution in [0.15, 0.2) is 54.7 Å². The molecule has 4 aromatic rings. The van der Waals surface area contributed by atoms with Crippen LogP contribution in [0.5, 0.6) is 0 Å². The molecule has 270 valence electrons. The molecule has 52 heavy (non-hydrogen) atoms. The molecule has 0 spiro atoms. The van der Waals surface area contributed by atoms with Crippen molar-refractivity contribution in [3.05, 3.63) is 88.4 Å². The molecule has 3 aliphatic rings. The fourth-order valence-electron chi connectivity index (χ4n) is 6.73. The summed E-state index contributed by atoms with van der Waals surface area (Å²) < 4.78 is 41.4. The highest BCUT2D eigenvalue weighted by Gasteiger charge is 2.43. The summed E-state index contributed by atoms with van der Waals surface area (Å²) in [5, 5.41) is 22.8. The minimum Gasteiger partial charge on any atom is -0.386 e. The van der Waals surface area contributed by atoms with E-state index >= 15 is 0 Å². The number of nitrogens with zero attached hydrogens (tertiary/aromatic N) is 6. The van der Waals surface area contributed by atoms with E-state index in [9.17, 15) is 42.3 Å². The fraction of sp³-hybridized carbons (Fsp3) is 0.343. The summed E-state index contributed by atoms with van der Waals surface area (Å²) in [6.45, 7) is 4.88. The van der Waals surface area contributed by atoms with Gasteiger partial charge in [0.2, 0.25) is 5.91 Å². The molecule has 0 bridgehead atoms. The molecule has 0 saturated carbocycles. The average Bonchev–Trinajstić information content (AvgIpc) is 3.61. The number of urea groups is 1. The van der Waals surface area contributed by atoms with E-state index in [2.05, 4.69) is 20.5 Å². The van der Waals surface area contributed by atoms with Crippen LogP contribution in [-0.2, 0) is 23.1 Å². The van der Waals surface area contributed by atoms with Crippen molar-refractivity contribution in [3.63, 3.8) is 0 Å². The number of aliphatic hydroxyl groups is 1. The Morgan fingerprint density at radius 1 is 0.981 bits per heavy atom. The Labute approximate surface area is 294 Å². The summed E-state index contributed by atoms with van der Waals surface area (Å²) in [5.41, 5.74) is -0.746. The van der Waals surface area contributed by atoms with E-state index in [4.69, 9.17) is 5.10 Å². The van der Waals surface area contributed by atoms with Gasteiger partial charge in [0.15, 0.2) is 0 Å². The van der Waals surface area contributed by atoms with Crippen LogP contribution in [-0.4, -0.2) is 84.1 Å². The second-order valence-electron chi connectivity index (χ2n) is 13.5. The van der Waals surface area contributed by atoms with Gasteiger partial charge in [-0.15, -0.1) is 0 Å². The molecule has 0 radical (unpaired) electrons. The molecular formula is C35H33F3N8O6. The smallest absolute Gasteiger partial charge is 0.386 e. The molecule has 3 aliphatic heterocycles. The van der Waals surface area contributed by atoms with Crippen molar-refractivity contribution in [3.8, 4) is 0 Å². The minimum absolute atomic E-state index is 0.0249. The van der Waals surface area contributed by atoms with E-state index < -0.39 is 52.8 Å². The lowest BCUT2D eigenvalue weighted by Gasteiger charge is -2.32. The predicted molar refractivity (Wildman–Crippen MR) is 178 cm³/mol. The zero-order valence-electron chi connectivity index (χ0n) is 28.0. The van der Waals surface area contributed by atoms with Gasteiger partial charge in [0.1, 0.15) is 11.4 Å². The van der Waals surface area contributed by atoms with Gasteiger partial charge in [-0.05, 0) is 68.7 Å². The van der Waals surface area contributed by atoms with Gasteiger partial charge in [-0.2, -0.15) is 23.3 Å². The van der Waals surface area contributed by atoms with Crippen molar-refractivity contribution in [1.29, 1.82) is 0 Å². The van der Waals surface area contributed by atoms with Gasteiger partial charge in [0.25, 0.3) is 17.7 Å². The third-order valence-corrected chi connectivity index (χ3v) is 9.38. The normalized spacial score (nSPS) is 17.6. The lowest BCUT2D eigenvalue weighted by Crippen LogP contribution is -2.58. The second-order valence-corrected chi connectivity index (χ2v) is 13.5. The number of nitrogens with one attached hydrogen (secondary N) is 2. The summed E-state index contributed by atoms with van der Waals surface area (Å²) in [6.07, 6.45) is -1.45. The number of hydrazine groups is 1. The summed E-state index contributed by atoms with van der Waals surface area (Å²) >= 11 is 0. The average molecular weight is 719 g/mol. The van der Waals surface area contributed by atoms with E-state index in [-0.39, 0.29) is 35.8 Å². The third kappa shape index (κ3) is 6.59. The van der Waals surface area contributed by atoms with E-state index in [1.54, 1.807) is 30.3 Å². The summed E-state index contributed by atoms with van der Waals surface area (Å²) in [6, 6.07) is 10.6. The number of rotatable bonds is 7. The van der Waals surface area contributed by atoms with Crippen LogP contribution in [0.1, 0.15) is 87.2 Å². The Hall–Kier alpha value is -5.68. The zero-order chi connectivity index (χ0) is 37.1. The molecule has 2 aromatic heterocycles. The molecule has 2 saturated heterocycles. The molecule has 2 aromatic carbocycles. The standard InChI is InChI=1S/C35H33F3N8O6/c1-34(2,52)24-16-26-20(15-27(24)40-30(48)25-4-3-5-28(39-25)35(36,37)38)18-44(42-26)21-8-11-43(12-9-21)17-19-6-7-22-23(14-19)32(50)46(31(22)49)45-13-10-29(47)41-33(45)51/h3-7,14-16,18,21,52H,8-13,17H2,1-2H3,(H,40,48)(H,41,47,51). The minimum atomic E-state index is -4.72. The van der Waals surface area contributed by atoms with E-state index in [1.165, 1.54) is 19.9 Å². The zero-order valence-corrected chi connectivity index (χ0v) is 28.0. The van der Waals surface area contributed by atoms with Crippen LogP contribution < -0.4 is 10.6 Å². The summed E-state index contributed by atoms with van der Waals surface area (Å²) in [5.74, 6) is -2.59. The number of likely N-dealkylation sites (tertiary alicyclic amines) is 1. The topological polar surface area (TPSA) is 170 Å². The Balaban J connectivity index is 1.03. The van der Waals surface area contributed by atoms with Crippen molar-refractivity contribution in [1.82, 2.24) is 35.0 Å². The lowest BCUT2D eigenvalue weighted by atomic mass is 9.95. The van der Waals surface area contributed by atoms with Gasteiger partial charge in [-0.1, -0.05) is 12.1 Å². The highest BCUT2D eigenvalue weighted by Crippen LogP contribution is 2.34. The molecule has 6 amide bonds. The maximum Gasteiger partial charge on any atom is 0.433 e. The summed E-state index contributed by atoms with van der Waals surface area (Å²) in [7, 11) is 0. The Bertz CT molecular complexity index is 2150. The number of halogens is 3. The summed E-state index contributed by atoms with van der Waals surface area (Å²) in [4.78, 5) is 68.8. The van der Waals surface area contributed by atoms with Gasteiger partial charge in [-0.3, -0.25) is 34.1 Å². The number of amides is 6. The van der Waals surface area contributed by atoms with Crippen LogP contribution in [0.4, 0.5) is 23.7 Å². The molecule has 5 heterocycles. The van der Waals surface area contributed by atoms with Crippen LogP contribution in [0, 0.1) is 0 Å². The van der Waals surface area contributed by atoms with E-state index in [0.717, 1.165) is 40.6 Å². The number of imide groups is 2. The van der Waals surface area contributed by atoms with Crippen LogP contribution in [0.2, 0.25) is 0 Å². The van der Waals surface area contributed by atoms with Gasteiger partial charge >= 0.3 is 12.2 Å². The molecule has 0 aliphatic carbocycles. The Morgan fingerprint density at radius 3 is 2.40 bits per heavy atom. The Morgan fingerprint density at radius 2 is 1.71 bits per heavy atom. The Kier molecular flexibility index (Phi) is 8.57. The van der Waals surface area contributed by atoms with Crippen molar-refractivity contribution >= 4 is 46.3 Å². The maximum absolute atomic E-state index is 13.2. The van der Waals surface area contributed by atoms with Crippen molar-refractivity contribution in [2.75, 3.05) is 25.0 Å². The number of fused-ring (bicyclic) bond motifs is 2. The van der Waals surface area contributed by atoms with Crippen molar-refractivity contribution in [2.24, 2.45) is 0 Å². The second kappa shape index (κ2) is 12.8. The maximum atomic E-state index is 13.2. The number of carbonyl (C=O) groups excluding carboxylic acids is 5. The lowest BCUT2D eigenvalue weighted by molar-refractivity contribution is -0.141. The molecule has 0 atom stereocenters. The first-order valence-corrected chi connectivity index (χ1v) is 16.5. The first kappa shape index (κ1) is 34.8. The largest absolute Gasteiger partial charge is 0.433 e. The number of alkyl halides is 3. The van der Waals surface area contributed by atoms with E-state index in [1.807, 2.05) is 10.9 Å². The molecule has 2 fully saturated rings. The number of piperidine rings is 1. The number of aromatic nitrogens is 3. The molecular weight excluding hydrogens is 685 g/mol. The molecule has 7 rings (SSSR count). The first-order chi connectivity index (χ1) is 24.6. The molecule has 17 heteroatoms. The fourth-order valence-corrected chi connectivity index (χ4v) is 6.73. The van der Waals surface area contributed by atoms with Crippen molar-refractivity contribution in [2.45, 2.75) is 57.5 Å². The van der Waals surface area contributed by atoms with Crippen LogP contribution >= 0.6 is 0 Å².